The van der Waals surface area contributed by atoms with Crippen molar-refractivity contribution in [2.75, 3.05) is 13.7 Å². The highest BCUT2D eigenvalue weighted by atomic mass is 19.3. The van der Waals surface area contributed by atoms with Crippen LogP contribution in [-0.2, 0) is 18.4 Å². The van der Waals surface area contributed by atoms with Crippen LogP contribution < -0.4 is 4.74 Å². The van der Waals surface area contributed by atoms with Gasteiger partial charge in [0.1, 0.15) is 18.1 Å². The van der Waals surface area contributed by atoms with E-state index in [1.807, 2.05) is 0 Å². The van der Waals surface area contributed by atoms with E-state index < -0.39 is 19.0 Å². The fraction of sp³-hybridized carbons (Fsp3) is 0.333. The van der Waals surface area contributed by atoms with E-state index >= 15 is 0 Å². The van der Waals surface area contributed by atoms with Crippen LogP contribution in [0.3, 0.4) is 0 Å². The van der Waals surface area contributed by atoms with Crippen LogP contribution in [0.1, 0.15) is 21.6 Å². The highest BCUT2D eigenvalue weighted by Gasteiger charge is 2.40. The number of aromatic nitrogens is 2. The Morgan fingerprint density at radius 3 is 2.67 bits per heavy atom. The molecule has 0 aliphatic rings. The summed E-state index contributed by atoms with van der Waals surface area (Å²) in [6.07, 6.45) is 0.679. The number of allylic oxidation sites excluding steroid dienone is 1. The van der Waals surface area contributed by atoms with Crippen LogP contribution in [0.15, 0.2) is 36.5 Å². The second-order valence-corrected chi connectivity index (χ2v) is 5.70. The van der Waals surface area contributed by atoms with Crippen molar-refractivity contribution < 1.29 is 31.8 Å². The number of carbonyl (C=O) groups is 1. The maximum Gasteiger partial charge on any atom is 0.330 e. The summed E-state index contributed by atoms with van der Waals surface area (Å²) in [6, 6.07) is 6.35. The van der Waals surface area contributed by atoms with Gasteiger partial charge in [0, 0.05) is 18.8 Å². The van der Waals surface area contributed by atoms with E-state index in [1.54, 1.807) is 37.5 Å². The van der Waals surface area contributed by atoms with Crippen molar-refractivity contribution in [2.24, 2.45) is 7.05 Å². The average Bonchev–Trinajstić information content (AvgIpc) is 3.06. The maximum atomic E-state index is 12.9. The SMILES string of the molecule is COc1ccc(/C=C/C(=O)c2ccn(C)n2)cc1COCC(F)(F)C(F)F. The lowest BCUT2D eigenvalue weighted by atomic mass is 10.1. The number of alkyl halides is 4. The van der Waals surface area contributed by atoms with Gasteiger partial charge in [0.15, 0.2) is 0 Å². The first-order valence-corrected chi connectivity index (χ1v) is 7.85. The first-order chi connectivity index (χ1) is 12.7. The summed E-state index contributed by atoms with van der Waals surface area (Å²) in [7, 11) is 3.07. The number of halogens is 4. The fourth-order valence-electron chi connectivity index (χ4n) is 2.18. The van der Waals surface area contributed by atoms with Gasteiger partial charge in [0.05, 0.1) is 13.7 Å². The standard InChI is InChI=1S/C18H18F4N2O3/c1-24-8-7-14(23-24)15(25)5-3-12-4-6-16(26-2)13(9-12)10-27-11-18(21,22)17(19)20/h3-9,17H,10-11H2,1-2H3/b5-3+. The molecule has 9 heteroatoms. The van der Waals surface area contributed by atoms with Gasteiger partial charge < -0.3 is 9.47 Å². The van der Waals surface area contributed by atoms with Gasteiger partial charge >= 0.3 is 12.3 Å². The zero-order chi connectivity index (χ0) is 20.0. The first kappa shape index (κ1) is 20.6. The Morgan fingerprint density at radius 2 is 2.07 bits per heavy atom. The lowest BCUT2D eigenvalue weighted by Gasteiger charge is -2.16. The van der Waals surface area contributed by atoms with Crippen molar-refractivity contribution in [1.82, 2.24) is 9.78 Å². The minimum absolute atomic E-state index is 0.278. The molecule has 1 heterocycles. The molecule has 0 N–H and O–H groups in total. The van der Waals surface area contributed by atoms with Crippen LogP contribution in [0.25, 0.3) is 6.08 Å². The third-order valence-corrected chi connectivity index (χ3v) is 3.57. The number of nitrogens with zero attached hydrogens (tertiary/aromatic N) is 2. The largest absolute Gasteiger partial charge is 0.496 e. The Bertz CT molecular complexity index is 819. The minimum Gasteiger partial charge on any atom is -0.496 e. The topological polar surface area (TPSA) is 53.4 Å². The van der Waals surface area contributed by atoms with E-state index in [2.05, 4.69) is 5.10 Å². The smallest absolute Gasteiger partial charge is 0.330 e. The molecule has 0 aliphatic heterocycles. The molecular formula is C18H18F4N2O3. The van der Waals surface area contributed by atoms with Crippen molar-refractivity contribution in [3.63, 3.8) is 0 Å². The van der Waals surface area contributed by atoms with Crippen molar-refractivity contribution in [1.29, 1.82) is 0 Å². The molecule has 0 radical (unpaired) electrons. The molecule has 1 aromatic carbocycles. The second kappa shape index (κ2) is 8.81. The van der Waals surface area contributed by atoms with Gasteiger partial charge in [-0.3, -0.25) is 9.48 Å². The van der Waals surface area contributed by atoms with Gasteiger partial charge in [-0.2, -0.15) is 13.9 Å². The molecule has 146 valence electrons. The molecule has 0 saturated heterocycles. The number of aryl methyl sites for hydroxylation is 1. The summed E-state index contributed by atoms with van der Waals surface area (Å²) in [5.74, 6) is -4.18. The van der Waals surface area contributed by atoms with Gasteiger partial charge in [-0.15, -0.1) is 0 Å². The van der Waals surface area contributed by atoms with Gasteiger partial charge in [0.25, 0.3) is 0 Å². The molecule has 5 nitrogen and oxygen atoms in total. The Kier molecular flexibility index (Phi) is 6.73. The summed E-state index contributed by atoms with van der Waals surface area (Å²) >= 11 is 0. The third-order valence-electron chi connectivity index (χ3n) is 3.57. The fourth-order valence-corrected chi connectivity index (χ4v) is 2.18. The van der Waals surface area contributed by atoms with E-state index in [0.29, 0.717) is 16.9 Å². The zero-order valence-electron chi connectivity index (χ0n) is 14.7. The first-order valence-electron chi connectivity index (χ1n) is 7.85. The highest BCUT2D eigenvalue weighted by molar-refractivity contribution is 6.05. The molecule has 0 amide bonds. The van der Waals surface area contributed by atoms with E-state index in [0.717, 1.165) is 0 Å². The Balaban J connectivity index is 2.07. The zero-order valence-corrected chi connectivity index (χ0v) is 14.7. The molecule has 0 atom stereocenters. The molecule has 0 unspecified atom stereocenters. The Morgan fingerprint density at radius 1 is 1.33 bits per heavy atom. The number of rotatable bonds is 9. The number of methoxy groups -OCH3 is 1. The van der Waals surface area contributed by atoms with Gasteiger partial charge in [-0.25, -0.2) is 8.78 Å². The number of ether oxygens (including phenoxy) is 2. The normalized spacial score (nSPS) is 12.1. The lowest BCUT2D eigenvalue weighted by molar-refractivity contribution is -0.168. The van der Waals surface area contributed by atoms with Crippen LogP contribution in [-0.4, -0.2) is 41.6 Å². The summed E-state index contributed by atoms with van der Waals surface area (Å²) in [5, 5.41) is 3.99. The monoisotopic (exact) mass is 386 g/mol. The van der Waals surface area contributed by atoms with Crippen LogP contribution in [0.5, 0.6) is 5.75 Å². The van der Waals surface area contributed by atoms with E-state index in [1.165, 1.54) is 23.9 Å². The lowest BCUT2D eigenvalue weighted by Crippen LogP contribution is -2.32. The number of hydrogen-bond donors (Lipinski definition) is 0. The van der Waals surface area contributed by atoms with Gasteiger partial charge in [-0.1, -0.05) is 12.1 Å². The van der Waals surface area contributed by atoms with Crippen LogP contribution in [0.2, 0.25) is 0 Å². The quantitative estimate of drug-likeness (QED) is 0.374. The number of hydrogen-bond acceptors (Lipinski definition) is 4. The molecule has 1 aromatic heterocycles. The third kappa shape index (κ3) is 5.65. The van der Waals surface area contributed by atoms with Gasteiger partial charge in [-0.05, 0) is 29.8 Å². The molecule has 2 rings (SSSR count). The molecule has 2 aromatic rings. The molecular weight excluding hydrogens is 368 g/mol. The van der Waals surface area contributed by atoms with Crippen LogP contribution in [0, 0.1) is 0 Å². The molecule has 27 heavy (non-hydrogen) atoms. The summed E-state index contributed by atoms with van der Waals surface area (Å²) < 4.78 is 61.5. The number of ketones is 1. The Hall–Kier alpha value is -2.68. The molecule has 0 aliphatic carbocycles. The van der Waals surface area contributed by atoms with E-state index in [-0.39, 0.29) is 18.1 Å². The predicted molar refractivity (Wildman–Crippen MR) is 90.2 cm³/mol. The Labute approximate surface area is 153 Å². The van der Waals surface area contributed by atoms with Crippen molar-refractivity contribution in [3.05, 3.63) is 53.4 Å². The van der Waals surface area contributed by atoms with Crippen LogP contribution >= 0.6 is 0 Å². The molecule has 0 fully saturated rings. The molecule has 0 saturated carbocycles. The van der Waals surface area contributed by atoms with Crippen molar-refractivity contribution >= 4 is 11.9 Å². The van der Waals surface area contributed by atoms with E-state index in [4.69, 9.17) is 9.47 Å². The highest BCUT2D eigenvalue weighted by Crippen LogP contribution is 2.25. The van der Waals surface area contributed by atoms with Gasteiger partial charge in [0.2, 0.25) is 5.78 Å². The second-order valence-electron chi connectivity index (χ2n) is 5.70. The maximum absolute atomic E-state index is 12.9. The predicted octanol–water partition coefficient (Wildman–Crippen LogP) is 3.74. The average molecular weight is 386 g/mol. The molecule has 0 spiro atoms. The number of carbonyl (C=O) groups excluding carboxylic acids is 1. The summed E-state index contributed by atoms with van der Waals surface area (Å²) in [4.78, 5) is 12.0. The minimum atomic E-state index is -4.22. The number of benzene rings is 1. The molecule has 0 bridgehead atoms. The van der Waals surface area contributed by atoms with Crippen molar-refractivity contribution in [3.8, 4) is 5.75 Å². The summed E-state index contributed by atoms with van der Waals surface area (Å²) in [6.45, 7) is -1.76. The van der Waals surface area contributed by atoms with Crippen LogP contribution in [0.4, 0.5) is 17.6 Å². The van der Waals surface area contributed by atoms with Crippen molar-refractivity contribution in [2.45, 2.75) is 19.0 Å². The van der Waals surface area contributed by atoms with E-state index in [9.17, 15) is 22.4 Å². The summed E-state index contributed by atoms with van der Waals surface area (Å²) in [5.41, 5.74) is 1.24.